The highest BCUT2D eigenvalue weighted by molar-refractivity contribution is 7.07. The molecule has 14 heavy (non-hydrogen) atoms. The van der Waals surface area contributed by atoms with Crippen LogP contribution in [0.15, 0.2) is 10.9 Å². The topological polar surface area (TPSA) is 45.1 Å². The van der Waals surface area contributed by atoms with Crippen LogP contribution in [0, 0.1) is 0 Å². The molecule has 1 aromatic heterocycles. The first-order valence-corrected chi connectivity index (χ1v) is 6.07. The first-order valence-electron chi connectivity index (χ1n) is 5.13. The summed E-state index contributed by atoms with van der Waals surface area (Å²) in [6.07, 6.45) is 3.99. The normalized spacial score (nSPS) is 27.8. The van der Waals surface area contributed by atoms with Crippen LogP contribution in [0.2, 0.25) is 0 Å². The van der Waals surface area contributed by atoms with Gasteiger partial charge in [0, 0.05) is 18.0 Å². The highest BCUT2D eigenvalue weighted by Crippen LogP contribution is 2.18. The van der Waals surface area contributed by atoms with Crippen molar-refractivity contribution in [1.82, 2.24) is 10.3 Å². The van der Waals surface area contributed by atoms with Gasteiger partial charge in [0.2, 0.25) is 0 Å². The smallest absolute Gasteiger partial charge is 0.0795 e. The lowest BCUT2D eigenvalue weighted by Crippen LogP contribution is -2.34. The Morgan fingerprint density at radius 3 is 2.86 bits per heavy atom. The molecule has 0 radical (unpaired) electrons. The third kappa shape index (κ3) is 2.77. The summed E-state index contributed by atoms with van der Waals surface area (Å²) in [6.45, 7) is 0.865. The van der Waals surface area contributed by atoms with Gasteiger partial charge in [-0.15, -0.1) is 11.3 Å². The van der Waals surface area contributed by atoms with Crippen molar-refractivity contribution in [3.8, 4) is 0 Å². The van der Waals surface area contributed by atoms with Crippen molar-refractivity contribution < 1.29 is 5.11 Å². The van der Waals surface area contributed by atoms with Crippen molar-refractivity contribution in [1.29, 1.82) is 0 Å². The van der Waals surface area contributed by atoms with Crippen molar-refractivity contribution in [2.45, 2.75) is 44.4 Å². The van der Waals surface area contributed by atoms with E-state index >= 15 is 0 Å². The average Bonchev–Trinajstić information content (AvgIpc) is 2.70. The molecule has 1 aliphatic carbocycles. The van der Waals surface area contributed by atoms with E-state index in [0.29, 0.717) is 6.04 Å². The fourth-order valence-corrected chi connectivity index (χ4v) is 2.41. The Morgan fingerprint density at radius 1 is 1.43 bits per heavy atom. The Kier molecular flexibility index (Phi) is 3.50. The molecule has 1 fully saturated rings. The van der Waals surface area contributed by atoms with Gasteiger partial charge in [-0.2, -0.15) is 0 Å². The van der Waals surface area contributed by atoms with Crippen molar-refractivity contribution in [3.63, 3.8) is 0 Å². The molecule has 1 aliphatic rings. The lowest BCUT2D eigenvalue weighted by Gasteiger charge is -2.25. The number of nitrogens with zero attached hydrogens (tertiary/aromatic N) is 1. The van der Waals surface area contributed by atoms with Gasteiger partial charge in [0.15, 0.2) is 0 Å². The van der Waals surface area contributed by atoms with Gasteiger partial charge in [0.05, 0.1) is 17.3 Å². The lowest BCUT2D eigenvalue weighted by atomic mass is 9.93. The molecule has 0 atom stereocenters. The number of hydrogen-bond acceptors (Lipinski definition) is 4. The van der Waals surface area contributed by atoms with Crippen LogP contribution in [0.25, 0.3) is 0 Å². The molecule has 0 unspecified atom stereocenters. The van der Waals surface area contributed by atoms with Crippen LogP contribution in [0.1, 0.15) is 31.4 Å². The summed E-state index contributed by atoms with van der Waals surface area (Å²) in [5, 5.41) is 14.9. The standard InChI is InChI=1S/C10H16N2OS/c13-10-3-1-8(2-4-10)11-5-9-6-14-7-12-9/h6-8,10-11,13H,1-5H2. The molecule has 0 saturated heterocycles. The number of aromatic nitrogens is 1. The predicted octanol–water partition coefficient (Wildman–Crippen LogP) is 1.54. The predicted molar refractivity (Wildman–Crippen MR) is 57.2 cm³/mol. The summed E-state index contributed by atoms with van der Waals surface area (Å²) in [6, 6.07) is 0.570. The number of rotatable bonds is 3. The van der Waals surface area contributed by atoms with Crippen molar-refractivity contribution in [2.24, 2.45) is 0 Å². The number of thiazole rings is 1. The Balaban J connectivity index is 1.71. The van der Waals surface area contributed by atoms with Gasteiger partial charge in [-0.1, -0.05) is 0 Å². The van der Waals surface area contributed by atoms with Crippen LogP contribution in [0.3, 0.4) is 0 Å². The van der Waals surface area contributed by atoms with Crippen molar-refractivity contribution in [2.75, 3.05) is 0 Å². The summed E-state index contributed by atoms with van der Waals surface area (Å²) in [5.74, 6) is 0. The summed E-state index contributed by atoms with van der Waals surface area (Å²) < 4.78 is 0. The zero-order valence-corrected chi connectivity index (χ0v) is 8.96. The molecule has 3 nitrogen and oxygen atoms in total. The number of hydrogen-bond donors (Lipinski definition) is 2. The SMILES string of the molecule is OC1CCC(NCc2cscn2)CC1. The molecule has 1 saturated carbocycles. The molecule has 78 valence electrons. The minimum Gasteiger partial charge on any atom is -0.393 e. The van der Waals surface area contributed by atoms with Gasteiger partial charge in [0.25, 0.3) is 0 Å². The molecular formula is C10H16N2OS. The van der Waals surface area contributed by atoms with Gasteiger partial charge in [0.1, 0.15) is 0 Å². The highest BCUT2D eigenvalue weighted by Gasteiger charge is 2.18. The maximum atomic E-state index is 9.34. The monoisotopic (exact) mass is 212 g/mol. The minimum absolute atomic E-state index is 0.0627. The van der Waals surface area contributed by atoms with Gasteiger partial charge < -0.3 is 10.4 Å². The number of aliphatic hydroxyl groups is 1. The molecule has 0 bridgehead atoms. The maximum absolute atomic E-state index is 9.34. The summed E-state index contributed by atoms with van der Waals surface area (Å²) >= 11 is 1.64. The zero-order valence-electron chi connectivity index (χ0n) is 8.15. The Morgan fingerprint density at radius 2 is 2.21 bits per heavy atom. The number of aliphatic hydroxyl groups excluding tert-OH is 1. The van der Waals surface area contributed by atoms with Crippen LogP contribution in [-0.2, 0) is 6.54 Å². The Bertz CT molecular complexity index is 255. The summed E-state index contributed by atoms with van der Waals surface area (Å²) in [4.78, 5) is 4.22. The second kappa shape index (κ2) is 4.87. The third-order valence-electron chi connectivity index (χ3n) is 2.75. The fraction of sp³-hybridized carbons (Fsp3) is 0.700. The van der Waals surface area contributed by atoms with E-state index in [1.807, 2.05) is 5.51 Å². The lowest BCUT2D eigenvalue weighted by molar-refractivity contribution is 0.116. The summed E-state index contributed by atoms with van der Waals surface area (Å²) in [5.41, 5.74) is 2.99. The first-order chi connectivity index (χ1) is 6.84. The van der Waals surface area contributed by atoms with E-state index in [0.717, 1.165) is 37.9 Å². The van der Waals surface area contributed by atoms with Crippen LogP contribution >= 0.6 is 11.3 Å². The van der Waals surface area contributed by atoms with Gasteiger partial charge in [-0.05, 0) is 25.7 Å². The van der Waals surface area contributed by atoms with E-state index in [-0.39, 0.29) is 6.10 Å². The van der Waals surface area contributed by atoms with Crippen molar-refractivity contribution >= 4 is 11.3 Å². The molecule has 0 amide bonds. The third-order valence-corrected chi connectivity index (χ3v) is 3.39. The Hall–Kier alpha value is -0.450. The molecule has 1 aromatic rings. The second-order valence-corrected chi connectivity index (χ2v) is 4.58. The van der Waals surface area contributed by atoms with Crippen LogP contribution in [0.5, 0.6) is 0 Å². The molecule has 1 heterocycles. The molecule has 4 heteroatoms. The second-order valence-electron chi connectivity index (χ2n) is 3.87. The average molecular weight is 212 g/mol. The van der Waals surface area contributed by atoms with Crippen LogP contribution in [0.4, 0.5) is 0 Å². The van der Waals surface area contributed by atoms with Gasteiger partial charge in [-0.25, -0.2) is 4.98 Å². The van der Waals surface area contributed by atoms with E-state index < -0.39 is 0 Å². The minimum atomic E-state index is -0.0627. The van der Waals surface area contributed by atoms with E-state index in [2.05, 4.69) is 15.7 Å². The number of nitrogens with one attached hydrogen (secondary N) is 1. The molecular weight excluding hydrogens is 196 g/mol. The van der Waals surface area contributed by atoms with E-state index in [4.69, 9.17) is 0 Å². The molecule has 0 aromatic carbocycles. The van der Waals surface area contributed by atoms with E-state index in [1.54, 1.807) is 11.3 Å². The first kappa shape index (κ1) is 10.1. The molecule has 2 rings (SSSR count). The van der Waals surface area contributed by atoms with Gasteiger partial charge in [-0.3, -0.25) is 0 Å². The van der Waals surface area contributed by atoms with E-state index in [9.17, 15) is 5.11 Å². The summed E-state index contributed by atoms with van der Waals surface area (Å²) in [7, 11) is 0. The van der Waals surface area contributed by atoms with Crippen molar-refractivity contribution in [3.05, 3.63) is 16.6 Å². The van der Waals surface area contributed by atoms with E-state index in [1.165, 1.54) is 0 Å². The maximum Gasteiger partial charge on any atom is 0.0795 e. The zero-order chi connectivity index (χ0) is 9.80. The quantitative estimate of drug-likeness (QED) is 0.799. The van der Waals surface area contributed by atoms with Gasteiger partial charge >= 0.3 is 0 Å². The Labute approximate surface area is 88.2 Å². The fourth-order valence-electron chi connectivity index (χ4n) is 1.85. The highest BCUT2D eigenvalue weighted by atomic mass is 32.1. The molecule has 2 N–H and O–H groups in total. The van der Waals surface area contributed by atoms with Crippen LogP contribution in [-0.4, -0.2) is 22.2 Å². The molecule has 0 aliphatic heterocycles. The molecule has 0 spiro atoms. The largest absolute Gasteiger partial charge is 0.393 e. The van der Waals surface area contributed by atoms with Crippen LogP contribution < -0.4 is 5.32 Å².